The molecule has 3 N–H and O–H groups in total. The topological polar surface area (TPSA) is 112 Å². The molecule has 0 aromatic carbocycles. The zero-order chi connectivity index (χ0) is 15.8. The zero-order valence-electron chi connectivity index (χ0n) is 12.1. The average molecular weight is 288 g/mol. The van der Waals surface area contributed by atoms with Gasteiger partial charge in [0.2, 0.25) is 11.4 Å². The lowest BCUT2D eigenvalue weighted by atomic mass is 9.88. The lowest BCUT2D eigenvalue weighted by molar-refractivity contribution is -0.171. The van der Waals surface area contributed by atoms with Crippen LogP contribution < -0.4 is 0 Å². The van der Waals surface area contributed by atoms with Crippen LogP contribution in [0.2, 0.25) is 0 Å². The molecule has 0 saturated heterocycles. The highest BCUT2D eigenvalue weighted by Crippen LogP contribution is 2.18. The standard InChI is InChI=1S/C14H24O6/c1-3-4-5-6-7-8-11(16)9-14(20,13(18)19)12(17)10(2)15/h10,15,20H,3-9H2,1-2H3,(H,18,19). The normalized spacial score (nSPS) is 15.4. The molecule has 0 aliphatic carbocycles. The minimum Gasteiger partial charge on any atom is -0.479 e. The SMILES string of the molecule is CCCCCCCC(=O)CC(O)(C(=O)O)C(=O)C(C)O. The van der Waals surface area contributed by atoms with Gasteiger partial charge in [-0.1, -0.05) is 32.6 Å². The largest absolute Gasteiger partial charge is 0.479 e. The molecule has 0 fully saturated rings. The van der Waals surface area contributed by atoms with Crippen molar-refractivity contribution in [3.05, 3.63) is 0 Å². The third kappa shape index (κ3) is 5.79. The van der Waals surface area contributed by atoms with Crippen molar-refractivity contribution in [1.82, 2.24) is 0 Å². The lowest BCUT2D eigenvalue weighted by Crippen LogP contribution is -2.52. The van der Waals surface area contributed by atoms with Gasteiger partial charge in [-0.15, -0.1) is 0 Å². The average Bonchev–Trinajstić information content (AvgIpc) is 2.36. The van der Waals surface area contributed by atoms with Gasteiger partial charge >= 0.3 is 5.97 Å². The Morgan fingerprint density at radius 2 is 1.65 bits per heavy atom. The van der Waals surface area contributed by atoms with Gasteiger partial charge in [0.05, 0.1) is 6.42 Å². The quantitative estimate of drug-likeness (QED) is 0.387. The van der Waals surface area contributed by atoms with Crippen LogP contribution in [0.4, 0.5) is 0 Å². The van der Waals surface area contributed by atoms with E-state index in [0.717, 1.165) is 32.6 Å². The van der Waals surface area contributed by atoms with Crippen molar-refractivity contribution in [1.29, 1.82) is 0 Å². The maximum atomic E-state index is 11.7. The van der Waals surface area contributed by atoms with Gasteiger partial charge in [0.15, 0.2) is 0 Å². The third-order valence-corrected chi connectivity index (χ3v) is 3.15. The van der Waals surface area contributed by atoms with E-state index >= 15 is 0 Å². The number of ketones is 2. The lowest BCUT2D eigenvalue weighted by Gasteiger charge is -2.22. The molecule has 0 amide bonds. The maximum absolute atomic E-state index is 11.7. The first-order valence-corrected chi connectivity index (χ1v) is 6.95. The number of carboxylic acids is 1. The summed E-state index contributed by atoms with van der Waals surface area (Å²) in [4.78, 5) is 34.2. The van der Waals surface area contributed by atoms with Crippen molar-refractivity contribution in [3.8, 4) is 0 Å². The molecule has 0 aliphatic heterocycles. The summed E-state index contributed by atoms with van der Waals surface area (Å²) in [5, 5.41) is 27.8. The number of aliphatic carboxylic acids is 1. The fraction of sp³-hybridized carbons (Fsp3) is 0.786. The summed E-state index contributed by atoms with van der Waals surface area (Å²) in [5.74, 6) is -3.55. The van der Waals surface area contributed by atoms with Crippen LogP contribution >= 0.6 is 0 Å². The summed E-state index contributed by atoms with van der Waals surface area (Å²) >= 11 is 0. The molecule has 20 heavy (non-hydrogen) atoms. The number of rotatable bonds is 11. The molecule has 6 heteroatoms. The van der Waals surface area contributed by atoms with E-state index in [0.29, 0.717) is 6.42 Å². The first-order valence-electron chi connectivity index (χ1n) is 6.95. The number of hydrogen-bond acceptors (Lipinski definition) is 5. The van der Waals surface area contributed by atoms with Gasteiger partial charge in [0.1, 0.15) is 11.9 Å². The van der Waals surface area contributed by atoms with Crippen molar-refractivity contribution in [2.45, 2.75) is 70.5 Å². The predicted molar refractivity (Wildman–Crippen MR) is 72.3 cm³/mol. The minimum atomic E-state index is -2.82. The maximum Gasteiger partial charge on any atom is 0.344 e. The minimum absolute atomic E-state index is 0.131. The zero-order valence-corrected chi connectivity index (χ0v) is 12.1. The molecule has 0 rings (SSSR count). The summed E-state index contributed by atoms with van der Waals surface area (Å²) in [6, 6.07) is 0. The van der Waals surface area contributed by atoms with Crippen molar-refractivity contribution < 1.29 is 29.7 Å². The smallest absolute Gasteiger partial charge is 0.344 e. The van der Waals surface area contributed by atoms with Crippen molar-refractivity contribution >= 4 is 17.5 Å². The summed E-state index contributed by atoms with van der Waals surface area (Å²) in [6.45, 7) is 3.13. The Labute approximate surface area is 118 Å². The molecule has 0 spiro atoms. The van der Waals surface area contributed by atoms with Crippen molar-refractivity contribution in [2.75, 3.05) is 0 Å². The highest BCUT2D eigenvalue weighted by molar-refractivity contribution is 6.10. The Morgan fingerprint density at radius 3 is 2.10 bits per heavy atom. The Kier molecular flexibility index (Phi) is 8.25. The molecule has 2 unspecified atom stereocenters. The number of hydrogen-bond donors (Lipinski definition) is 3. The molecule has 2 atom stereocenters. The van der Waals surface area contributed by atoms with Gasteiger partial charge in [-0.2, -0.15) is 0 Å². The Balaban J connectivity index is 4.43. The molecule has 0 aliphatic rings. The van der Waals surface area contributed by atoms with E-state index in [1.807, 2.05) is 0 Å². The molecule has 0 aromatic rings. The summed E-state index contributed by atoms with van der Waals surface area (Å²) in [7, 11) is 0. The molecule has 6 nitrogen and oxygen atoms in total. The predicted octanol–water partition coefficient (Wildman–Crippen LogP) is 1.07. The van der Waals surface area contributed by atoms with Crippen LogP contribution in [0.1, 0.15) is 58.8 Å². The highest BCUT2D eigenvalue weighted by atomic mass is 16.4. The molecular weight excluding hydrogens is 264 g/mol. The van der Waals surface area contributed by atoms with E-state index in [2.05, 4.69) is 6.92 Å². The van der Waals surface area contributed by atoms with Crippen LogP contribution in [-0.4, -0.2) is 44.6 Å². The Hall–Kier alpha value is -1.27. The fourth-order valence-electron chi connectivity index (χ4n) is 1.91. The van der Waals surface area contributed by atoms with Gasteiger partial charge in [0, 0.05) is 6.42 Å². The van der Waals surface area contributed by atoms with Crippen LogP contribution in [0, 0.1) is 0 Å². The molecule has 0 aromatic heterocycles. The first-order chi connectivity index (χ1) is 9.25. The van der Waals surface area contributed by atoms with Gasteiger partial charge < -0.3 is 15.3 Å². The molecular formula is C14H24O6. The fourth-order valence-corrected chi connectivity index (χ4v) is 1.91. The van der Waals surface area contributed by atoms with Gasteiger partial charge in [-0.25, -0.2) is 4.79 Å². The second kappa shape index (κ2) is 8.81. The number of carbonyl (C=O) groups is 3. The van der Waals surface area contributed by atoms with Crippen molar-refractivity contribution in [2.24, 2.45) is 0 Å². The second-order valence-electron chi connectivity index (χ2n) is 5.09. The van der Waals surface area contributed by atoms with Gasteiger partial charge in [-0.3, -0.25) is 9.59 Å². The molecule has 0 radical (unpaired) electrons. The second-order valence-corrected chi connectivity index (χ2v) is 5.09. The summed E-state index contributed by atoms with van der Waals surface area (Å²) < 4.78 is 0. The van der Waals surface area contributed by atoms with E-state index in [1.54, 1.807) is 0 Å². The van der Waals surface area contributed by atoms with Crippen LogP contribution in [0.15, 0.2) is 0 Å². The van der Waals surface area contributed by atoms with E-state index < -0.39 is 35.7 Å². The number of aliphatic hydroxyl groups excluding tert-OH is 1. The van der Waals surface area contributed by atoms with E-state index in [4.69, 9.17) is 10.2 Å². The summed E-state index contributed by atoms with van der Waals surface area (Å²) in [6.07, 6.45) is 2.33. The van der Waals surface area contributed by atoms with Crippen LogP contribution in [0.3, 0.4) is 0 Å². The van der Waals surface area contributed by atoms with Crippen LogP contribution in [-0.2, 0) is 14.4 Å². The molecule has 0 heterocycles. The van der Waals surface area contributed by atoms with Crippen LogP contribution in [0.5, 0.6) is 0 Å². The monoisotopic (exact) mass is 288 g/mol. The van der Waals surface area contributed by atoms with E-state index in [1.165, 1.54) is 0 Å². The Bertz CT molecular complexity index is 350. The number of carboxylic acid groups (broad SMARTS) is 1. The Morgan fingerprint density at radius 1 is 1.10 bits per heavy atom. The molecule has 116 valence electrons. The molecule has 0 saturated carbocycles. The number of carbonyl (C=O) groups excluding carboxylic acids is 2. The number of unbranched alkanes of at least 4 members (excludes halogenated alkanes) is 4. The summed E-state index contributed by atoms with van der Waals surface area (Å²) in [5.41, 5.74) is -2.82. The number of Topliss-reactive ketones (excluding diaryl/α,β-unsaturated/α-hetero) is 2. The van der Waals surface area contributed by atoms with Gasteiger partial charge in [-0.05, 0) is 13.3 Å². The van der Waals surface area contributed by atoms with Crippen LogP contribution in [0.25, 0.3) is 0 Å². The highest BCUT2D eigenvalue weighted by Gasteiger charge is 2.47. The van der Waals surface area contributed by atoms with E-state index in [9.17, 15) is 19.5 Å². The molecule has 0 bridgehead atoms. The third-order valence-electron chi connectivity index (χ3n) is 3.15. The first kappa shape index (κ1) is 18.7. The van der Waals surface area contributed by atoms with Gasteiger partial charge in [0.25, 0.3) is 0 Å². The number of aliphatic hydroxyl groups is 2. The van der Waals surface area contributed by atoms with E-state index in [-0.39, 0.29) is 6.42 Å². The van der Waals surface area contributed by atoms with Crippen molar-refractivity contribution in [3.63, 3.8) is 0 Å².